The van der Waals surface area contributed by atoms with Gasteiger partial charge in [-0.25, -0.2) is 0 Å². The lowest BCUT2D eigenvalue weighted by molar-refractivity contribution is 0.0916. The molecule has 2 aromatic heterocycles. The molecule has 1 aliphatic heterocycles. The summed E-state index contributed by atoms with van der Waals surface area (Å²) in [6.45, 7) is 9.40. The van der Waals surface area contributed by atoms with Crippen LogP contribution in [0.4, 0.5) is 0 Å². The summed E-state index contributed by atoms with van der Waals surface area (Å²) < 4.78 is 7.65. The largest absolute Gasteiger partial charge is 0.504 e. The average molecular weight is 465 g/mol. The second kappa shape index (κ2) is 10.6. The van der Waals surface area contributed by atoms with Gasteiger partial charge < -0.3 is 19.7 Å². The summed E-state index contributed by atoms with van der Waals surface area (Å²) >= 11 is 0. The number of nitrogens with zero attached hydrogens (tertiary/aromatic N) is 5. The van der Waals surface area contributed by atoms with Crippen molar-refractivity contribution in [3.63, 3.8) is 0 Å². The van der Waals surface area contributed by atoms with Crippen LogP contribution in [0.1, 0.15) is 54.5 Å². The molecule has 1 aliphatic rings. The minimum absolute atomic E-state index is 0.124. The Kier molecular flexibility index (Phi) is 7.42. The summed E-state index contributed by atoms with van der Waals surface area (Å²) in [4.78, 5) is 19.2. The van der Waals surface area contributed by atoms with Crippen molar-refractivity contribution in [2.24, 2.45) is 5.92 Å². The van der Waals surface area contributed by atoms with Gasteiger partial charge in [0.2, 0.25) is 0 Å². The maximum atomic E-state index is 12.8. The molecular formula is C25H32N6O3. The maximum Gasteiger partial charge on any atom is 0.270 e. The molecule has 1 aromatic carbocycles. The van der Waals surface area contributed by atoms with Gasteiger partial charge in [-0.1, -0.05) is 32.0 Å². The first-order valence-corrected chi connectivity index (χ1v) is 11.8. The standard InChI is InChI=1S/C25H32N6O3/c1-4-34-20-10-7-8-18(23(20)32)16-30-13-11-21-28-29-24(31(21)15-14-30)22(17(2)3)27-25(33)19-9-5-6-12-26-19/h5-10,12,17,22,32H,4,11,13-16H2,1-3H3,(H,27,33)/t22-/m1/s1. The van der Waals surface area contributed by atoms with Crippen LogP contribution in [0.25, 0.3) is 0 Å². The van der Waals surface area contributed by atoms with E-state index in [0.29, 0.717) is 31.1 Å². The van der Waals surface area contributed by atoms with E-state index < -0.39 is 0 Å². The van der Waals surface area contributed by atoms with E-state index in [4.69, 9.17) is 4.74 Å². The Balaban J connectivity index is 1.48. The molecule has 0 saturated carbocycles. The molecule has 180 valence electrons. The van der Waals surface area contributed by atoms with Crippen molar-refractivity contribution in [2.45, 2.75) is 46.3 Å². The molecule has 9 heteroatoms. The van der Waals surface area contributed by atoms with E-state index in [0.717, 1.165) is 36.7 Å². The number of ether oxygens (including phenoxy) is 1. The topological polar surface area (TPSA) is 105 Å². The quantitative estimate of drug-likeness (QED) is 0.528. The summed E-state index contributed by atoms with van der Waals surface area (Å²) in [6.07, 6.45) is 2.34. The molecule has 3 heterocycles. The monoisotopic (exact) mass is 464 g/mol. The molecule has 0 spiro atoms. The number of rotatable bonds is 8. The molecule has 1 amide bonds. The fourth-order valence-electron chi connectivity index (χ4n) is 4.23. The van der Waals surface area contributed by atoms with Crippen LogP contribution >= 0.6 is 0 Å². The van der Waals surface area contributed by atoms with Gasteiger partial charge in [-0.2, -0.15) is 0 Å². The van der Waals surface area contributed by atoms with Crippen molar-refractivity contribution < 1.29 is 14.6 Å². The summed E-state index contributed by atoms with van der Waals surface area (Å²) in [5.74, 6) is 2.28. The Morgan fingerprint density at radius 3 is 2.74 bits per heavy atom. The van der Waals surface area contributed by atoms with Gasteiger partial charge in [0.15, 0.2) is 17.3 Å². The van der Waals surface area contributed by atoms with E-state index in [-0.39, 0.29) is 23.6 Å². The smallest absolute Gasteiger partial charge is 0.270 e. The number of aromatic nitrogens is 4. The zero-order valence-corrected chi connectivity index (χ0v) is 19.9. The molecule has 9 nitrogen and oxygen atoms in total. The summed E-state index contributed by atoms with van der Waals surface area (Å²) in [7, 11) is 0. The summed E-state index contributed by atoms with van der Waals surface area (Å²) in [6, 6.07) is 10.6. The highest BCUT2D eigenvalue weighted by Gasteiger charge is 2.28. The van der Waals surface area contributed by atoms with Crippen molar-refractivity contribution in [1.82, 2.24) is 30.0 Å². The van der Waals surface area contributed by atoms with Gasteiger partial charge in [0.05, 0.1) is 12.6 Å². The predicted molar refractivity (Wildman–Crippen MR) is 128 cm³/mol. The van der Waals surface area contributed by atoms with Crippen LogP contribution in [-0.2, 0) is 19.5 Å². The second-order valence-electron chi connectivity index (χ2n) is 8.76. The van der Waals surface area contributed by atoms with Gasteiger partial charge in [-0.15, -0.1) is 10.2 Å². The van der Waals surface area contributed by atoms with Crippen LogP contribution in [0.3, 0.4) is 0 Å². The third kappa shape index (κ3) is 5.20. The molecular weight excluding hydrogens is 432 g/mol. The lowest BCUT2D eigenvalue weighted by Crippen LogP contribution is -2.34. The molecule has 0 fully saturated rings. The number of para-hydroxylation sites is 1. The number of fused-ring (bicyclic) bond motifs is 1. The van der Waals surface area contributed by atoms with Crippen LogP contribution in [-0.4, -0.2) is 55.4 Å². The number of amides is 1. The zero-order chi connectivity index (χ0) is 24.1. The van der Waals surface area contributed by atoms with Crippen molar-refractivity contribution in [2.75, 3.05) is 19.7 Å². The molecule has 0 saturated heterocycles. The van der Waals surface area contributed by atoms with Gasteiger partial charge in [0, 0.05) is 44.4 Å². The lowest BCUT2D eigenvalue weighted by Gasteiger charge is -2.23. The van der Waals surface area contributed by atoms with Crippen LogP contribution in [0.5, 0.6) is 11.5 Å². The van der Waals surface area contributed by atoms with Crippen LogP contribution in [0.2, 0.25) is 0 Å². The molecule has 4 rings (SSSR count). The minimum Gasteiger partial charge on any atom is -0.504 e. The highest BCUT2D eigenvalue weighted by atomic mass is 16.5. The summed E-state index contributed by atoms with van der Waals surface area (Å²) in [5, 5.41) is 22.6. The number of phenols is 1. The van der Waals surface area contributed by atoms with Crippen molar-refractivity contribution in [3.05, 3.63) is 65.5 Å². The number of carbonyl (C=O) groups is 1. The van der Waals surface area contributed by atoms with E-state index >= 15 is 0 Å². The fraction of sp³-hybridized carbons (Fsp3) is 0.440. The Hall–Kier alpha value is -3.46. The van der Waals surface area contributed by atoms with Gasteiger partial charge >= 0.3 is 0 Å². The van der Waals surface area contributed by atoms with Crippen molar-refractivity contribution in [3.8, 4) is 11.5 Å². The van der Waals surface area contributed by atoms with E-state index in [1.54, 1.807) is 30.5 Å². The Labute approximate surface area is 199 Å². The third-order valence-corrected chi connectivity index (χ3v) is 6.05. The predicted octanol–water partition coefficient (Wildman–Crippen LogP) is 2.96. The van der Waals surface area contributed by atoms with E-state index in [9.17, 15) is 9.90 Å². The normalized spacial score (nSPS) is 14.9. The lowest BCUT2D eigenvalue weighted by atomic mass is 10.0. The molecule has 0 radical (unpaired) electrons. The van der Waals surface area contributed by atoms with E-state index in [1.165, 1.54) is 0 Å². The molecule has 2 N–H and O–H groups in total. The maximum absolute atomic E-state index is 12.8. The fourth-order valence-corrected chi connectivity index (χ4v) is 4.23. The average Bonchev–Trinajstić information content (AvgIpc) is 3.13. The van der Waals surface area contributed by atoms with Gasteiger partial charge in [0.1, 0.15) is 11.5 Å². The molecule has 0 unspecified atom stereocenters. The zero-order valence-electron chi connectivity index (χ0n) is 19.9. The van der Waals surface area contributed by atoms with Gasteiger partial charge in [-0.05, 0) is 31.0 Å². The SMILES string of the molecule is CCOc1cccc(CN2CCc3nnc([C@H](NC(=O)c4ccccn4)C(C)C)n3CC2)c1O. The Morgan fingerprint density at radius 2 is 2.00 bits per heavy atom. The number of pyridine rings is 1. The minimum atomic E-state index is -0.283. The molecule has 0 bridgehead atoms. The summed E-state index contributed by atoms with van der Waals surface area (Å²) in [5.41, 5.74) is 1.22. The highest BCUT2D eigenvalue weighted by Crippen LogP contribution is 2.31. The first-order valence-electron chi connectivity index (χ1n) is 11.8. The van der Waals surface area contributed by atoms with Gasteiger partial charge in [0.25, 0.3) is 5.91 Å². The molecule has 1 atom stereocenters. The second-order valence-corrected chi connectivity index (χ2v) is 8.76. The van der Waals surface area contributed by atoms with Crippen molar-refractivity contribution in [1.29, 1.82) is 0 Å². The van der Waals surface area contributed by atoms with Gasteiger partial charge in [-0.3, -0.25) is 14.7 Å². The Morgan fingerprint density at radius 1 is 1.15 bits per heavy atom. The number of hydrogen-bond donors (Lipinski definition) is 2. The first kappa shape index (κ1) is 23.7. The van der Waals surface area contributed by atoms with Crippen LogP contribution in [0.15, 0.2) is 42.6 Å². The highest BCUT2D eigenvalue weighted by molar-refractivity contribution is 5.92. The van der Waals surface area contributed by atoms with Crippen molar-refractivity contribution >= 4 is 5.91 Å². The number of nitrogens with one attached hydrogen (secondary N) is 1. The third-order valence-electron chi connectivity index (χ3n) is 6.05. The number of aromatic hydroxyl groups is 1. The van der Waals surface area contributed by atoms with E-state index in [2.05, 4.69) is 43.8 Å². The number of phenolic OH excluding ortho intramolecular Hbond substituents is 1. The number of carbonyl (C=O) groups excluding carboxylic acids is 1. The Bertz CT molecular complexity index is 1120. The van der Waals surface area contributed by atoms with Crippen LogP contribution < -0.4 is 10.1 Å². The van der Waals surface area contributed by atoms with E-state index in [1.807, 2.05) is 19.1 Å². The molecule has 3 aromatic rings. The number of hydrogen-bond acceptors (Lipinski definition) is 7. The molecule has 0 aliphatic carbocycles. The van der Waals surface area contributed by atoms with Crippen LogP contribution in [0, 0.1) is 5.92 Å². The number of benzene rings is 1. The molecule has 34 heavy (non-hydrogen) atoms. The first-order chi connectivity index (χ1) is 16.5.